The van der Waals surface area contributed by atoms with Crippen molar-refractivity contribution in [3.05, 3.63) is 12.4 Å². The molecule has 0 saturated heterocycles. The summed E-state index contributed by atoms with van der Waals surface area (Å²) in [7, 11) is 0. The number of aromatic nitrogens is 3. The monoisotopic (exact) mass is 330 g/mol. The molecule has 0 aliphatic heterocycles. The number of hydrogen-bond acceptors (Lipinski definition) is 5. The maximum atomic E-state index is 12.1. The van der Waals surface area contributed by atoms with E-state index in [4.69, 9.17) is 4.74 Å². The smallest absolute Gasteiger partial charge is 0.408 e. The highest BCUT2D eigenvalue weighted by molar-refractivity contribution is 5.69. The molecule has 7 nitrogen and oxygen atoms in total. The summed E-state index contributed by atoms with van der Waals surface area (Å²) in [6.07, 6.45) is 4.90. The van der Waals surface area contributed by atoms with Crippen molar-refractivity contribution >= 4 is 11.8 Å². The first-order chi connectivity index (χ1) is 10.7. The molecule has 1 atom stereocenters. The molecule has 128 valence electrons. The number of hydrogen-bond donors (Lipinski definition) is 1. The van der Waals surface area contributed by atoms with E-state index < -0.39 is 18.3 Å². The van der Waals surface area contributed by atoms with E-state index in [-0.39, 0.29) is 12.1 Å². The molecule has 1 heterocycles. The van der Waals surface area contributed by atoms with Gasteiger partial charge in [0.2, 0.25) is 0 Å². The van der Waals surface area contributed by atoms with Crippen LogP contribution in [0.3, 0.4) is 0 Å². The van der Waals surface area contributed by atoms with Crippen molar-refractivity contribution in [2.24, 2.45) is 0 Å². The molecule has 0 fully saturated rings. The Hall–Kier alpha value is -2.19. The Morgan fingerprint density at radius 1 is 1.48 bits per heavy atom. The number of carbonyl (C=O) groups excluding carboxylic acids is 1. The lowest BCUT2D eigenvalue weighted by Crippen LogP contribution is -2.39. The average molecular weight is 330 g/mol. The van der Waals surface area contributed by atoms with Crippen molar-refractivity contribution in [2.75, 3.05) is 0 Å². The van der Waals surface area contributed by atoms with E-state index in [0.717, 1.165) is 18.5 Å². The predicted molar refractivity (Wildman–Crippen MR) is 77.9 cm³/mol. The lowest BCUT2D eigenvalue weighted by atomic mass is 10.0. The number of nitrogens with zero attached hydrogens (tertiary/aromatic N) is 3. The maximum Gasteiger partial charge on any atom is 0.408 e. The number of rotatable bonds is 4. The predicted octanol–water partition coefficient (Wildman–Crippen LogP) is 2.80. The number of amides is 1. The maximum absolute atomic E-state index is 12.1. The van der Waals surface area contributed by atoms with Gasteiger partial charge in [-0.2, -0.15) is 13.8 Å². The van der Waals surface area contributed by atoms with Gasteiger partial charge in [0, 0.05) is 5.70 Å². The second-order valence-electron chi connectivity index (χ2n) is 6.15. The van der Waals surface area contributed by atoms with Crippen LogP contribution in [0.15, 0.2) is 12.4 Å². The van der Waals surface area contributed by atoms with Gasteiger partial charge in [0.05, 0.1) is 6.04 Å². The van der Waals surface area contributed by atoms with Crippen LogP contribution in [0.25, 0.3) is 5.70 Å². The third-order valence-electron chi connectivity index (χ3n) is 3.00. The van der Waals surface area contributed by atoms with E-state index >= 15 is 0 Å². The summed E-state index contributed by atoms with van der Waals surface area (Å²) in [5.74, 6) is 0. The first-order valence-corrected chi connectivity index (χ1v) is 7.30. The molecule has 0 radical (unpaired) electrons. The average Bonchev–Trinajstić information content (AvgIpc) is 2.84. The third kappa shape index (κ3) is 5.50. The molecule has 0 spiro atoms. The highest BCUT2D eigenvalue weighted by Gasteiger charge is 2.22. The minimum absolute atomic E-state index is 0.211. The topological polar surface area (TPSA) is 78.3 Å². The van der Waals surface area contributed by atoms with E-state index in [1.807, 2.05) is 6.08 Å². The van der Waals surface area contributed by atoms with Crippen molar-refractivity contribution in [1.29, 1.82) is 0 Å². The van der Waals surface area contributed by atoms with Crippen LogP contribution in [0.4, 0.5) is 13.6 Å². The van der Waals surface area contributed by atoms with Gasteiger partial charge in [-0.15, -0.1) is 5.10 Å². The van der Waals surface area contributed by atoms with Gasteiger partial charge in [0.25, 0.3) is 0 Å². The van der Waals surface area contributed by atoms with Crippen LogP contribution in [0, 0.1) is 0 Å². The van der Waals surface area contributed by atoms with Crippen LogP contribution < -0.4 is 10.1 Å². The van der Waals surface area contributed by atoms with E-state index in [0.29, 0.717) is 6.42 Å². The molecule has 1 aliphatic rings. The molecule has 0 bridgehead atoms. The Balaban J connectivity index is 2.01. The molecule has 1 N–H and O–H groups in total. The Morgan fingerprint density at radius 3 is 2.87 bits per heavy atom. The molecular weight excluding hydrogens is 310 g/mol. The summed E-state index contributed by atoms with van der Waals surface area (Å²) in [5.41, 5.74) is 0.188. The van der Waals surface area contributed by atoms with E-state index in [1.54, 1.807) is 20.8 Å². The second kappa shape index (κ2) is 6.93. The number of carbonyl (C=O) groups is 1. The van der Waals surface area contributed by atoms with Crippen molar-refractivity contribution in [3.63, 3.8) is 0 Å². The van der Waals surface area contributed by atoms with Crippen LogP contribution >= 0.6 is 0 Å². The molecule has 0 saturated carbocycles. The Labute approximate surface area is 132 Å². The number of nitrogens with one attached hydrogen (secondary N) is 1. The summed E-state index contributed by atoms with van der Waals surface area (Å²) in [5, 5.41) is 6.60. The molecule has 23 heavy (non-hydrogen) atoms. The molecule has 1 unspecified atom stereocenters. The zero-order valence-corrected chi connectivity index (χ0v) is 13.3. The fraction of sp³-hybridized carbons (Fsp3) is 0.643. The standard InChI is InChI=1S/C14H20F2N4O3/c1-14(2,3)23-13(21)18-9-5-4-6-10(7-9)20-8-17-12(19-20)22-11(15)16/h7-9,11H,4-6H2,1-3H3,(H,18,21). The van der Waals surface area contributed by atoms with Crippen molar-refractivity contribution in [3.8, 4) is 6.01 Å². The number of allylic oxidation sites excluding steroid dienone is 1. The lowest BCUT2D eigenvalue weighted by molar-refractivity contribution is -0.0559. The molecule has 1 aromatic rings. The van der Waals surface area contributed by atoms with Crippen LogP contribution in [-0.4, -0.2) is 39.1 Å². The fourth-order valence-electron chi connectivity index (χ4n) is 2.19. The quantitative estimate of drug-likeness (QED) is 0.918. The number of halogens is 2. The largest absolute Gasteiger partial charge is 0.444 e. The number of alkyl halides is 2. The SMILES string of the molecule is CC(C)(C)OC(=O)NC1C=C(n2cnc(OC(F)F)n2)CCC1. The summed E-state index contributed by atoms with van der Waals surface area (Å²) in [6.45, 7) is 2.39. The van der Waals surface area contributed by atoms with Gasteiger partial charge >= 0.3 is 18.7 Å². The van der Waals surface area contributed by atoms with Crippen LogP contribution in [0.5, 0.6) is 6.01 Å². The van der Waals surface area contributed by atoms with Crippen LogP contribution in [0.1, 0.15) is 40.0 Å². The van der Waals surface area contributed by atoms with Crippen molar-refractivity contribution < 1.29 is 23.0 Å². The second-order valence-corrected chi connectivity index (χ2v) is 6.15. The minimum atomic E-state index is -2.97. The van der Waals surface area contributed by atoms with E-state index in [9.17, 15) is 13.6 Å². The fourth-order valence-corrected chi connectivity index (χ4v) is 2.19. The van der Waals surface area contributed by atoms with Gasteiger partial charge in [-0.25, -0.2) is 9.48 Å². The van der Waals surface area contributed by atoms with Crippen molar-refractivity contribution in [2.45, 2.75) is 58.3 Å². The summed E-state index contributed by atoms with van der Waals surface area (Å²) in [6, 6.07) is -0.597. The normalized spacial score (nSPS) is 18.5. The Kier molecular flexibility index (Phi) is 5.17. The molecule has 0 aromatic carbocycles. The van der Waals surface area contributed by atoms with Gasteiger partial charge in [0.1, 0.15) is 11.9 Å². The molecular formula is C14H20F2N4O3. The Morgan fingerprint density at radius 2 is 2.22 bits per heavy atom. The minimum Gasteiger partial charge on any atom is -0.444 e. The molecule has 9 heteroatoms. The molecule has 1 aliphatic carbocycles. The lowest BCUT2D eigenvalue weighted by Gasteiger charge is -2.25. The molecule has 2 rings (SSSR count). The first kappa shape index (κ1) is 17.2. The van der Waals surface area contributed by atoms with Crippen LogP contribution in [0.2, 0.25) is 0 Å². The molecule has 1 aromatic heterocycles. The highest BCUT2D eigenvalue weighted by atomic mass is 19.3. The van der Waals surface area contributed by atoms with E-state index in [1.165, 1.54) is 11.0 Å². The van der Waals surface area contributed by atoms with Gasteiger partial charge in [0.15, 0.2) is 0 Å². The number of ether oxygens (including phenoxy) is 2. The van der Waals surface area contributed by atoms with Gasteiger partial charge in [-0.3, -0.25) is 0 Å². The summed E-state index contributed by atoms with van der Waals surface area (Å²) < 4.78 is 35.0. The zero-order chi connectivity index (χ0) is 17.0. The first-order valence-electron chi connectivity index (χ1n) is 7.30. The van der Waals surface area contributed by atoms with Gasteiger partial charge in [-0.1, -0.05) is 0 Å². The number of alkyl carbamates (subject to hydrolysis) is 1. The molecule has 1 amide bonds. The van der Waals surface area contributed by atoms with E-state index in [2.05, 4.69) is 20.1 Å². The highest BCUT2D eigenvalue weighted by Crippen LogP contribution is 2.22. The zero-order valence-electron chi connectivity index (χ0n) is 13.3. The van der Waals surface area contributed by atoms with Crippen LogP contribution in [-0.2, 0) is 4.74 Å². The summed E-state index contributed by atoms with van der Waals surface area (Å²) in [4.78, 5) is 15.5. The van der Waals surface area contributed by atoms with Crippen molar-refractivity contribution in [1.82, 2.24) is 20.1 Å². The summed E-state index contributed by atoms with van der Waals surface area (Å²) >= 11 is 0. The Bertz CT molecular complexity index is 581. The van der Waals surface area contributed by atoms with Gasteiger partial charge < -0.3 is 14.8 Å². The third-order valence-corrected chi connectivity index (χ3v) is 3.00. The van der Waals surface area contributed by atoms with Gasteiger partial charge in [-0.05, 0) is 46.1 Å².